The Morgan fingerprint density at radius 1 is 1.12 bits per heavy atom. The smallest absolute Gasteiger partial charge is 0.229 e. The molecule has 1 saturated heterocycles. The molecule has 2 heterocycles. The van der Waals surface area contributed by atoms with E-state index in [1.54, 1.807) is 18.5 Å². The molecule has 5 nitrogen and oxygen atoms in total. The molecule has 1 aliphatic heterocycles. The van der Waals surface area contributed by atoms with Gasteiger partial charge in [-0.05, 0) is 49.2 Å². The van der Waals surface area contributed by atoms with E-state index in [4.69, 9.17) is 0 Å². The van der Waals surface area contributed by atoms with Crippen LogP contribution in [0.25, 0.3) is 10.9 Å². The standard InChI is InChI=1S/C20H19FN4O/c21-15-7-9-16(10-8-15)24-20(26)14-4-3-11-25(12-14)19-17-5-1-2-6-18(17)22-13-23-19/h1-2,5-10,13-14H,3-4,11-12H2,(H,24,26). The van der Waals surface area contributed by atoms with E-state index in [9.17, 15) is 9.18 Å². The number of anilines is 2. The predicted octanol–water partition coefficient (Wildman–Crippen LogP) is 3.62. The van der Waals surface area contributed by atoms with E-state index in [0.717, 1.165) is 36.1 Å². The van der Waals surface area contributed by atoms with Crippen molar-refractivity contribution in [1.82, 2.24) is 9.97 Å². The summed E-state index contributed by atoms with van der Waals surface area (Å²) in [4.78, 5) is 23.5. The topological polar surface area (TPSA) is 58.1 Å². The van der Waals surface area contributed by atoms with E-state index in [2.05, 4.69) is 20.2 Å². The Bertz CT molecular complexity index is 923. The van der Waals surface area contributed by atoms with Gasteiger partial charge in [-0.2, -0.15) is 0 Å². The number of hydrogen-bond acceptors (Lipinski definition) is 4. The second-order valence-corrected chi connectivity index (χ2v) is 6.50. The van der Waals surface area contributed by atoms with Crippen LogP contribution in [-0.4, -0.2) is 29.0 Å². The van der Waals surface area contributed by atoms with Crippen molar-refractivity contribution in [3.05, 3.63) is 60.7 Å². The van der Waals surface area contributed by atoms with Gasteiger partial charge in [0.1, 0.15) is 18.0 Å². The van der Waals surface area contributed by atoms with Crippen LogP contribution in [0.15, 0.2) is 54.9 Å². The van der Waals surface area contributed by atoms with Crippen molar-refractivity contribution in [2.75, 3.05) is 23.3 Å². The van der Waals surface area contributed by atoms with Crippen molar-refractivity contribution >= 4 is 28.3 Å². The molecule has 0 bridgehead atoms. The monoisotopic (exact) mass is 350 g/mol. The third-order valence-electron chi connectivity index (χ3n) is 4.73. The molecule has 26 heavy (non-hydrogen) atoms. The van der Waals surface area contributed by atoms with Crippen LogP contribution in [0, 0.1) is 11.7 Å². The van der Waals surface area contributed by atoms with Gasteiger partial charge in [-0.25, -0.2) is 14.4 Å². The van der Waals surface area contributed by atoms with E-state index in [1.807, 2.05) is 24.3 Å². The number of amides is 1. The van der Waals surface area contributed by atoms with Crippen LogP contribution in [0.3, 0.4) is 0 Å². The number of hydrogen-bond donors (Lipinski definition) is 1. The average molecular weight is 350 g/mol. The minimum absolute atomic E-state index is 0.0420. The van der Waals surface area contributed by atoms with Crippen molar-refractivity contribution < 1.29 is 9.18 Å². The van der Waals surface area contributed by atoms with Crippen molar-refractivity contribution in [3.8, 4) is 0 Å². The fourth-order valence-electron chi connectivity index (χ4n) is 3.40. The largest absolute Gasteiger partial charge is 0.355 e. The Morgan fingerprint density at radius 2 is 1.92 bits per heavy atom. The highest BCUT2D eigenvalue weighted by Gasteiger charge is 2.27. The molecular weight excluding hydrogens is 331 g/mol. The van der Waals surface area contributed by atoms with Gasteiger partial charge in [-0.1, -0.05) is 12.1 Å². The average Bonchev–Trinajstić information content (AvgIpc) is 2.69. The van der Waals surface area contributed by atoms with Gasteiger partial charge in [0.2, 0.25) is 5.91 Å². The zero-order chi connectivity index (χ0) is 17.9. The second-order valence-electron chi connectivity index (χ2n) is 6.50. The molecule has 0 spiro atoms. The summed E-state index contributed by atoms with van der Waals surface area (Å²) in [6.07, 6.45) is 3.31. The van der Waals surface area contributed by atoms with Crippen LogP contribution in [0.5, 0.6) is 0 Å². The minimum atomic E-state index is -0.317. The molecule has 3 aromatic rings. The lowest BCUT2D eigenvalue weighted by Gasteiger charge is -2.33. The first-order chi connectivity index (χ1) is 12.7. The number of nitrogens with one attached hydrogen (secondary N) is 1. The lowest BCUT2D eigenvalue weighted by Crippen LogP contribution is -2.41. The zero-order valence-corrected chi connectivity index (χ0v) is 14.2. The fraction of sp³-hybridized carbons (Fsp3) is 0.250. The molecular formula is C20H19FN4O. The maximum absolute atomic E-state index is 13.0. The molecule has 132 valence electrons. The molecule has 4 rings (SSSR count). The number of piperidine rings is 1. The van der Waals surface area contributed by atoms with Gasteiger partial charge >= 0.3 is 0 Å². The SMILES string of the molecule is O=C(Nc1ccc(F)cc1)C1CCCN(c2ncnc3ccccc23)C1. The highest BCUT2D eigenvalue weighted by molar-refractivity contribution is 5.94. The Labute approximate surface area is 150 Å². The number of fused-ring (bicyclic) bond motifs is 1. The maximum atomic E-state index is 13.0. The quantitative estimate of drug-likeness (QED) is 0.784. The minimum Gasteiger partial charge on any atom is -0.355 e. The van der Waals surface area contributed by atoms with E-state index in [0.29, 0.717) is 12.2 Å². The van der Waals surface area contributed by atoms with Crippen LogP contribution in [0.2, 0.25) is 0 Å². The number of carbonyl (C=O) groups excluding carboxylic acids is 1. The molecule has 1 atom stereocenters. The van der Waals surface area contributed by atoms with Crippen molar-refractivity contribution in [2.45, 2.75) is 12.8 Å². The molecule has 0 radical (unpaired) electrons. The fourth-order valence-corrected chi connectivity index (χ4v) is 3.40. The first kappa shape index (κ1) is 16.4. The molecule has 1 aromatic heterocycles. The number of aromatic nitrogens is 2. The highest BCUT2D eigenvalue weighted by atomic mass is 19.1. The normalized spacial score (nSPS) is 17.3. The number of benzene rings is 2. The van der Waals surface area contributed by atoms with E-state index < -0.39 is 0 Å². The van der Waals surface area contributed by atoms with Gasteiger partial charge in [0.05, 0.1) is 11.4 Å². The summed E-state index contributed by atoms with van der Waals surface area (Å²) in [7, 11) is 0. The molecule has 1 amide bonds. The summed E-state index contributed by atoms with van der Waals surface area (Å²) in [5, 5.41) is 3.88. The van der Waals surface area contributed by atoms with Crippen LogP contribution in [-0.2, 0) is 4.79 Å². The van der Waals surface area contributed by atoms with Crippen LogP contribution in [0.4, 0.5) is 15.9 Å². The number of halogens is 1. The third kappa shape index (κ3) is 3.35. The van der Waals surface area contributed by atoms with Crippen molar-refractivity contribution in [2.24, 2.45) is 5.92 Å². The van der Waals surface area contributed by atoms with Crippen LogP contribution >= 0.6 is 0 Å². The van der Waals surface area contributed by atoms with Gasteiger partial charge in [0.15, 0.2) is 0 Å². The summed E-state index contributed by atoms with van der Waals surface area (Å²) in [5.74, 6) is 0.375. The summed E-state index contributed by atoms with van der Waals surface area (Å²) in [6.45, 7) is 1.47. The number of nitrogens with zero attached hydrogens (tertiary/aromatic N) is 3. The Balaban J connectivity index is 1.51. The van der Waals surface area contributed by atoms with Gasteiger partial charge in [0, 0.05) is 24.2 Å². The summed E-state index contributed by atoms with van der Waals surface area (Å²) >= 11 is 0. The van der Waals surface area contributed by atoms with Gasteiger partial charge in [-0.15, -0.1) is 0 Å². The molecule has 1 unspecified atom stereocenters. The van der Waals surface area contributed by atoms with Gasteiger partial charge in [0.25, 0.3) is 0 Å². The Hall–Kier alpha value is -3.02. The molecule has 0 aliphatic carbocycles. The van der Waals surface area contributed by atoms with Crippen LogP contribution in [0.1, 0.15) is 12.8 Å². The zero-order valence-electron chi connectivity index (χ0n) is 14.2. The van der Waals surface area contributed by atoms with Crippen LogP contribution < -0.4 is 10.2 Å². The number of rotatable bonds is 3. The maximum Gasteiger partial charge on any atom is 0.229 e. The first-order valence-electron chi connectivity index (χ1n) is 8.72. The summed E-state index contributed by atoms with van der Waals surface area (Å²) in [6, 6.07) is 13.7. The molecule has 1 fully saturated rings. The lowest BCUT2D eigenvalue weighted by atomic mass is 9.96. The third-order valence-corrected chi connectivity index (χ3v) is 4.73. The molecule has 0 saturated carbocycles. The van der Waals surface area contributed by atoms with Crippen molar-refractivity contribution in [1.29, 1.82) is 0 Å². The van der Waals surface area contributed by atoms with E-state index in [1.165, 1.54) is 12.1 Å². The predicted molar refractivity (Wildman–Crippen MR) is 99.5 cm³/mol. The summed E-state index contributed by atoms with van der Waals surface area (Å²) < 4.78 is 13.0. The lowest BCUT2D eigenvalue weighted by molar-refractivity contribution is -0.120. The Kier molecular flexibility index (Phi) is 4.48. The Morgan fingerprint density at radius 3 is 2.77 bits per heavy atom. The molecule has 1 aliphatic rings. The van der Waals surface area contributed by atoms with Gasteiger partial charge < -0.3 is 10.2 Å². The highest BCUT2D eigenvalue weighted by Crippen LogP contribution is 2.27. The molecule has 1 N–H and O–H groups in total. The van der Waals surface area contributed by atoms with Gasteiger partial charge in [-0.3, -0.25) is 4.79 Å². The number of carbonyl (C=O) groups is 1. The summed E-state index contributed by atoms with van der Waals surface area (Å²) in [5.41, 5.74) is 1.51. The molecule has 6 heteroatoms. The van der Waals surface area contributed by atoms with E-state index in [-0.39, 0.29) is 17.6 Å². The first-order valence-corrected chi connectivity index (χ1v) is 8.72. The van der Waals surface area contributed by atoms with E-state index >= 15 is 0 Å². The number of para-hydroxylation sites is 1. The molecule has 2 aromatic carbocycles. The second kappa shape index (κ2) is 7.07. The van der Waals surface area contributed by atoms with Crippen molar-refractivity contribution in [3.63, 3.8) is 0 Å².